The molecule has 9 heteroatoms. The van der Waals surface area contributed by atoms with Gasteiger partial charge in [-0.05, 0) is 38.8 Å². The second kappa shape index (κ2) is 7.98. The molecule has 3 rings (SSSR count). The molecule has 7 nitrogen and oxygen atoms in total. The molecule has 2 amide bonds. The topological polar surface area (TPSA) is 81.3 Å². The molecule has 0 radical (unpaired) electrons. The van der Waals surface area contributed by atoms with Gasteiger partial charge in [0.2, 0.25) is 0 Å². The van der Waals surface area contributed by atoms with Gasteiger partial charge in [0.25, 0.3) is 0 Å². The molecular weight excluding hydrogens is 372 g/mol. The molecule has 0 bridgehead atoms. The Labute approximate surface area is 162 Å². The Morgan fingerprint density at radius 1 is 1.50 bits per heavy atom. The molecule has 1 aromatic rings. The predicted octanol–water partition coefficient (Wildman–Crippen LogP) is 3.79. The third-order valence-corrected chi connectivity index (χ3v) is 6.15. The molecule has 0 unspecified atom stereocenters. The van der Waals surface area contributed by atoms with Gasteiger partial charge in [-0.3, -0.25) is 5.21 Å². The van der Waals surface area contributed by atoms with E-state index in [9.17, 15) is 10.0 Å². The van der Waals surface area contributed by atoms with Gasteiger partial charge in [-0.25, -0.2) is 9.80 Å². The van der Waals surface area contributed by atoms with E-state index in [2.05, 4.69) is 10.4 Å². The van der Waals surface area contributed by atoms with Crippen LogP contribution in [0.15, 0.2) is 27.9 Å². The van der Waals surface area contributed by atoms with Crippen LogP contribution in [0, 0.1) is 0 Å². The zero-order chi connectivity index (χ0) is 18.7. The molecule has 0 spiro atoms. The molecule has 26 heavy (non-hydrogen) atoms. The molecule has 2 heterocycles. The lowest BCUT2D eigenvalue weighted by Crippen LogP contribution is -2.57. The van der Waals surface area contributed by atoms with E-state index in [0.29, 0.717) is 10.1 Å². The van der Waals surface area contributed by atoms with E-state index >= 15 is 0 Å². The van der Waals surface area contributed by atoms with Crippen molar-refractivity contribution in [2.75, 3.05) is 0 Å². The van der Waals surface area contributed by atoms with Crippen molar-refractivity contribution < 1.29 is 14.4 Å². The van der Waals surface area contributed by atoms with Gasteiger partial charge in [0.1, 0.15) is 5.76 Å². The summed E-state index contributed by atoms with van der Waals surface area (Å²) in [4.78, 5) is 12.6. The first-order valence-electron chi connectivity index (χ1n) is 8.77. The number of furan rings is 1. The number of carbonyl (C=O) groups is 1. The Hall–Kier alpha value is -1.58. The van der Waals surface area contributed by atoms with Crippen LogP contribution >= 0.6 is 24.0 Å². The summed E-state index contributed by atoms with van der Waals surface area (Å²) in [7, 11) is 0. The number of nitrogens with one attached hydrogen (secondary N) is 1. The van der Waals surface area contributed by atoms with Crippen molar-refractivity contribution in [2.24, 2.45) is 5.10 Å². The van der Waals surface area contributed by atoms with Crippen LogP contribution in [-0.2, 0) is 0 Å². The van der Waals surface area contributed by atoms with E-state index in [1.807, 2.05) is 13.8 Å². The highest BCUT2D eigenvalue weighted by molar-refractivity contribution is 8.24. The molecule has 2 fully saturated rings. The normalized spacial score (nSPS) is 23.6. The van der Waals surface area contributed by atoms with E-state index in [1.54, 1.807) is 18.4 Å². The lowest BCUT2D eigenvalue weighted by molar-refractivity contribution is -0.119. The number of amides is 2. The van der Waals surface area contributed by atoms with E-state index in [-0.39, 0.29) is 6.04 Å². The van der Waals surface area contributed by atoms with Crippen LogP contribution in [0.3, 0.4) is 0 Å². The number of hydrazone groups is 1. The Morgan fingerprint density at radius 2 is 2.23 bits per heavy atom. The summed E-state index contributed by atoms with van der Waals surface area (Å²) in [5, 5.41) is 20.1. The summed E-state index contributed by atoms with van der Waals surface area (Å²) in [5.41, 5.74) is 0. The summed E-state index contributed by atoms with van der Waals surface area (Å²) in [6.07, 6.45) is 7.65. The van der Waals surface area contributed by atoms with Gasteiger partial charge in [0, 0.05) is 6.04 Å². The van der Waals surface area contributed by atoms with Gasteiger partial charge in [-0.2, -0.15) is 10.2 Å². The van der Waals surface area contributed by atoms with Crippen molar-refractivity contribution in [3.05, 3.63) is 24.2 Å². The molecule has 2 N–H and O–H groups in total. The molecule has 1 saturated carbocycles. The van der Waals surface area contributed by atoms with Crippen molar-refractivity contribution in [1.82, 2.24) is 15.4 Å². The zero-order valence-electron chi connectivity index (χ0n) is 14.9. The summed E-state index contributed by atoms with van der Waals surface area (Å²) >= 11 is 6.80. The number of thioether (sulfide) groups is 1. The molecule has 2 aliphatic rings. The molecule has 142 valence electrons. The van der Waals surface area contributed by atoms with Crippen molar-refractivity contribution in [2.45, 2.75) is 62.9 Å². The van der Waals surface area contributed by atoms with Crippen LogP contribution in [-0.4, -0.2) is 48.8 Å². The average Bonchev–Trinajstić information content (AvgIpc) is 3.18. The number of hydrogen-bond acceptors (Lipinski definition) is 6. The van der Waals surface area contributed by atoms with Gasteiger partial charge >= 0.3 is 6.03 Å². The van der Waals surface area contributed by atoms with Crippen LogP contribution < -0.4 is 5.32 Å². The summed E-state index contributed by atoms with van der Waals surface area (Å²) in [6, 6.07) is 3.12. The number of thiocarbonyl (C=S) groups is 1. The number of rotatable bonds is 4. The Bertz CT molecular complexity index is 672. The lowest BCUT2D eigenvalue weighted by Gasteiger charge is -2.35. The quantitative estimate of drug-likeness (QED) is 0.349. The monoisotopic (exact) mass is 396 g/mol. The highest BCUT2D eigenvalue weighted by Gasteiger charge is 2.50. The maximum absolute atomic E-state index is 12.6. The first-order valence-corrected chi connectivity index (χ1v) is 9.99. The smallest absolute Gasteiger partial charge is 0.343 e. The molecular formula is C17H24N4O3S2. The van der Waals surface area contributed by atoms with Crippen molar-refractivity contribution in [1.29, 1.82) is 0 Å². The zero-order valence-corrected chi connectivity index (χ0v) is 16.6. The minimum absolute atomic E-state index is 0.107. The fourth-order valence-corrected chi connectivity index (χ4v) is 5.10. The maximum Gasteiger partial charge on any atom is 0.343 e. The van der Waals surface area contributed by atoms with Crippen molar-refractivity contribution in [3.8, 4) is 0 Å². The van der Waals surface area contributed by atoms with Crippen LogP contribution in [0.4, 0.5) is 4.79 Å². The second-order valence-corrected chi connectivity index (χ2v) is 9.37. The highest BCUT2D eigenvalue weighted by Crippen LogP contribution is 2.42. The molecule has 1 aliphatic heterocycles. The summed E-state index contributed by atoms with van der Waals surface area (Å²) < 4.78 is 5.22. The number of hydroxylamine groups is 2. The Morgan fingerprint density at radius 3 is 2.88 bits per heavy atom. The first kappa shape index (κ1) is 19.2. The average molecular weight is 397 g/mol. The number of nitrogens with zero attached hydrogens (tertiary/aromatic N) is 3. The summed E-state index contributed by atoms with van der Waals surface area (Å²) in [6.45, 7) is 3.85. The first-order chi connectivity index (χ1) is 12.4. The van der Waals surface area contributed by atoms with Crippen LogP contribution in [0.2, 0.25) is 0 Å². The Balaban J connectivity index is 1.74. The van der Waals surface area contributed by atoms with Crippen molar-refractivity contribution in [3.63, 3.8) is 0 Å². The Kier molecular flexibility index (Phi) is 5.89. The minimum Gasteiger partial charge on any atom is -0.463 e. The SMILES string of the molecule is CC1(C)SC(=S)N(/N=C\c2ccco2)[C@H]1N(O)C(=O)NC1CCCCC1. The molecule has 1 atom stereocenters. The van der Waals surface area contributed by atoms with Gasteiger partial charge in [0.05, 0.1) is 17.2 Å². The van der Waals surface area contributed by atoms with Crippen LogP contribution in [0.25, 0.3) is 0 Å². The van der Waals surface area contributed by atoms with Gasteiger partial charge in [-0.1, -0.05) is 43.2 Å². The predicted molar refractivity (Wildman–Crippen MR) is 105 cm³/mol. The molecule has 1 aliphatic carbocycles. The number of urea groups is 1. The van der Waals surface area contributed by atoms with Crippen LogP contribution in [0.5, 0.6) is 0 Å². The van der Waals surface area contributed by atoms with Gasteiger partial charge < -0.3 is 9.73 Å². The lowest BCUT2D eigenvalue weighted by atomic mass is 9.96. The highest BCUT2D eigenvalue weighted by atomic mass is 32.2. The van der Waals surface area contributed by atoms with E-state index in [1.165, 1.54) is 29.4 Å². The van der Waals surface area contributed by atoms with E-state index < -0.39 is 16.9 Å². The van der Waals surface area contributed by atoms with Crippen molar-refractivity contribution >= 4 is 40.5 Å². The number of hydrogen-bond donors (Lipinski definition) is 2. The second-order valence-electron chi connectivity index (χ2n) is 7.08. The third kappa shape index (κ3) is 4.21. The minimum atomic E-state index is -0.713. The maximum atomic E-state index is 12.6. The molecule has 0 aromatic carbocycles. The molecule has 1 saturated heterocycles. The van der Waals surface area contributed by atoms with Gasteiger partial charge in [-0.15, -0.1) is 0 Å². The van der Waals surface area contributed by atoms with E-state index in [4.69, 9.17) is 16.6 Å². The van der Waals surface area contributed by atoms with E-state index in [0.717, 1.165) is 30.7 Å². The largest absolute Gasteiger partial charge is 0.463 e. The fraction of sp³-hybridized carbons (Fsp3) is 0.588. The van der Waals surface area contributed by atoms with Gasteiger partial charge in [0.15, 0.2) is 10.5 Å². The molecule has 1 aromatic heterocycles. The third-order valence-electron chi connectivity index (χ3n) is 4.62. The van der Waals surface area contributed by atoms with Crippen LogP contribution in [0.1, 0.15) is 51.7 Å². The summed E-state index contributed by atoms with van der Waals surface area (Å²) in [5.74, 6) is 0.567. The fourth-order valence-electron chi connectivity index (χ4n) is 3.31. The number of carbonyl (C=O) groups excluding carboxylic acids is 1. The standard InChI is InChI=1S/C17H24N4O3S2/c1-17(2)14(21(23)15(22)19-12-7-4-3-5-8-12)20(16(25)26-17)18-11-13-9-6-10-24-13/h6,9-12,14,23H,3-5,7-8H2,1-2H3,(H,19,22)/b18-11-/t14-/m0/s1.